The molecule has 1 aliphatic carbocycles. The quantitative estimate of drug-likeness (QED) is 0.903. The molecule has 0 radical (unpaired) electrons. The van der Waals surface area contributed by atoms with Gasteiger partial charge in [0.2, 0.25) is 5.91 Å². The van der Waals surface area contributed by atoms with Gasteiger partial charge in [-0.05, 0) is 36.5 Å². The third-order valence-corrected chi connectivity index (χ3v) is 7.25. The Morgan fingerprint density at radius 2 is 2.19 bits per heavy atom. The van der Waals surface area contributed by atoms with E-state index in [1.807, 2.05) is 11.8 Å². The van der Waals surface area contributed by atoms with Crippen LogP contribution in [0.3, 0.4) is 0 Å². The van der Waals surface area contributed by atoms with Gasteiger partial charge in [-0.15, -0.1) is 11.3 Å². The molecule has 21 heavy (non-hydrogen) atoms. The molecule has 1 aliphatic heterocycles. The van der Waals surface area contributed by atoms with E-state index in [1.165, 1.54) is 4.88 Å². The number of rotatable bonds is 5. The molecule has 3 rings (SSSR count). The van der Waals surface area contributed by atoms with Crippen molar-refractivity contribution in [3.63, 3.8) is 0 Å². The van der Waals surface area contributed by atoms with Crippen LogP contribution in [0.15, 0.2) is 17.5 Å². The number of ether oxygens (including phenoxy) is 1. The number of hydrogen-bond donors (Lipinski definition) is 1. The highest BCUT2D eigenvalue weighted by Crippen LogP contribution is 2.43. The normalized spacial score (nSPS) is 27.9. The van der Waals surface area contributed by atoms with E-state index in [0.29, 0.717) is 6.54 Å². The highest BCUT2D eigenvalue weighted by molar-refractivity contribution is 7.99. The molecule has 3 nitrogen and oxygen atoms in total. The maximum atomic E-state index is 12.9. The summed E-state index contributed by atoms with van der Waals surface area (Å²) in [5.41, 5.74) is -0.440. The van der Waals surface area contributed by atoms with Gasteiger partial charge < -0.3 is 10.1 Å². The van der Waals surface area contributed by atoms with Crippen LogP contribution in [0.25, 0.3) is 0 Å². The van der Waals surface area contributed by atoms with Gasteiger partial charge in [-0.25, -0.2) is 0 Å². The van der Waals surface area contributed by atoms with Crippen LogP contribution in [0.1, 0.15) is 37.0 Å². The summed E-state index contributed by atoms with van der Waals surface area (Å²) in [6.07, 6.45) is 5.29. The zero-order chi connectivity index (χ0) is 14.8. The molecular weight excluding hydrogens is 302 g/mol. The second kappa shape index (κ2) is 6.31. The van der Waals surface area contributed by atoms with Gasteiger partial charge in [-0.3, -0.25) is 4.79 Å². The van der Waals surface area contributed by atoms with Crippen molar-refractivity contribution in [3.8, 4) is 0 Å². The van der Waals surface area contributed by atoms with Crippen LogP contribution in [-0.2, 0) is 14.9 Å². The fraction of sp³-hybridized carbons (Fsp3) is 0.688. The van der Waals surface area contributed by atoms with Crippen LogP contribution in [0.4, 0.5) is 0 Å². The molecule has 2 fully saturated rings. The maximum absolute atomic E-state index is 12.9. The van der Waals surface area contributed by atoms with Gasteiger partial charge in [0, 0.05) is 24.3 Å². The molecule has 0 aromatic carbocycles. The number of nitrogens with one attached hydrogen (secondary N) is 1. The predicted molar refractivity (Wildman–Crippen MR) is 89.2 cm³/mol. The van der Waals surface area contributed by atoms with Crippen LogP contribution >= 0.6 is 23.1 Å². The van der Waals surface area contributed by atoms with Crippen LogP contribution in [0, 0.1) is 0 Å². The standard InChI is InChI=1S/C16H23NO2S2/c1-19-15(8-10-20-12-15)11-17-14(18)16(6-2-3-7-16)13-5-4-9-21-13/h4-5,9H,2-3,6-8,10-12H2,1H3,(H,17,18)/t15-/m0/s1. The fourth-order valence-electron chi connectivity index (χ4n) is 3.49. The van der Waals surface area contributed by atoms with Crippen molar-refractivity contribution in [3.05, 3.63) is 22.4 Å². The van der Waals surface area contributed by atoms with E-state index in [0.717, 1.165) is 43.6 Å². The average Bonchev–Trinajstić information content (AvgIpc) is 3.25. The second-order valence-electron chi connectivity index (χ2n) is 6.14. The van der Waals surface area contributed by atoms with E-state index in [2.05, 4.69) is 22.8 Å². The van der Waals surface area contributed by atoms with Gasteiger partial charge in [0.25, 0.3) is 0 Å². The molecule has 1 aromatic rings. The smallest absolute Gasteiger partial charge is 0.231 e. The summed E-state index contributed by atoms with van der Waals surface area (Å²) in [5, 5.41) is 5.29. The summed E-state index contributed by atoms with van der Waals surface area (Å²) >= 11 is 3.63. The Hall–Kier alpha value is -0.520. The molecule has 5 heteroatoms. The zero-order valence-electron chi connectivity index (χ0n) is 12.5. The Labute approximate surface area is 134 Å². The molecule has 0 unspecified atom stereocenters. The maximum Gasteiger partial charge on any atom is 0.231 e. The van der Waals surface area contributed by atoms with Crippen LogP contribution in [-0.4, -0.2) is 36.7 Å². The van der Waals surface area contributed by atoms with Crippen molar-refractivity contribution in [2.24, 2.45) is 0 Å². The third-order valence-electron chi connectivity index (χ3n) is 4.96. The first-order chi connectivity index (χ1) is 10.2. The van der Waals surface area contributed by atoms with E-state index in [4.69, 9.17) is 4.74 Å². The van der Waals surface area contributed by atoms with E-state index in [9.17, 15) is 4.79 Å². The van der Waals surface area contributed by atoms with Gasteiger partial charge in [-0.1, -0.05) is 18.9 Å². The van der Waals surface area contributed by atoms with E-state index >= 15 is 0 Å². The van der Waals surface area contributed by atoms with E-state index < -0.39 is 0 Å². The third kappa shape index (κ3) is 2.88. The highest BCUT2D eigenvalue weighted by Gasteiger charge is 2.44. The van der Waals surface area contributed by atoms with Crippen LogP contribution < -0.4 is 5.32 Å². The summed E-state index contributed by atoms with van der Waals surface area (Å²) in [7, 11) is 1.77. The second-order valence-corrected chi connectivity index (χ2v) is 8.19. The lowest BCUT2D eigenvalue weighted by atomic mass is 9.83. The van der Waals surface area contributed by atoms with Crippen molar-refractivity contribution >= 4 is 29.0 Å². The molecule has 0 spiro atoms. The van der Waals surface area contributed by atoms with E-state index in [1.54, 1.807) is 18.4 Å². The largest absolute Gasteiger partial charge is 0.376 e. The number of methoxy groups -OCH3 is 1. The van der Waals surface area contributed by atoms with Crippen molar-refractivity contribution in [2.45, 2.75) is 43.1 Å². The van der Waals surface area contributed by atoms with Gasteiger partial charge in [-0.2, -0.15) is 11.8 Å². The number of hydrogen-bond acceptors (Lipinski definition) is 4. The first-order valence-corrected chi connectivity index (χ1v) is 9.69. The molecule has 1 atom stereocenters. The number of thioether (sulfide) groups is 1. The Balaban J connectivity index is 1.71. The summed E-state index contributed by atoms with van der Waals surface area (Å²) < 4.78 is 5.70. The van der Waals surface area contributed by atoms with Crippen molar-refractivity contribution in [1.82, 2.24) is 5.32 Å². The topological polar surface area (TPSA) is 38.3 Å². The zero-order valence-corrected chi connectivity index (χ0v) is 14.2. The van der Waals surface area contributed by atoms with Gasteiger partial charge in [0.1, 0.15) is 0 Å². The summed E-state index contributed by atoms with van der Waals surface area (Å²) in [6, 6.07) is 4.17. The molecular formula is C16H23NO2S2. The Morgan fingerprint density at radius 3 is 2.76 bits per heavy atom. The van der Waals surface area contributed by atoms with E-state index in [-0.39, 0.29) is 16.9 Å². The van der Waals surface area contributed by atoms with Crippen LogP contribution in [0.2, 0.25) is 0 Å². The number of carbonyl (C=O) groups is 1. The molecule has 1 N–H and O–H groups in total. The predicted octanol–water partition coefficient (Wildman–Crippen LogP) is 3.20. The molecule has 1 saturated heterocycles. The van der Waals surface area contributed by atoms with Crippen molar-refractivity contribution in [2.75, 3.05) is 25.2 Å². The lowest BCUT2D eigenvalue weighted by Gasteiger charge is -2.31. The molecule has 1 saturated carbocycles. The Kier molecular flexibility index (Phi) is 4.62. The first kappa shape index (κ1) is 15.4. The Bertz CT molecular complexity index is 474. The highest BCUT2D eigenvalue weighted by atomic mass is 32.2. The molecule has 116 valence electrons. The summed E-state index contributed by atoms with van der Waals surface area (Å²) in [5.74, 6) is 2.31. The molecule has 0 bridgehead atoms. The molecule has 2 heterocycles. The van der Waals surface area contributed by atoms with Crippen LogP contribution in [0.5, 0.6) is 0 Å². The lowest BCUT2D eigenvalue weighted by molar-refractivity contribution is -0.127. The van der Waals surface area contributed by atoms with Gasteiger partial charge in [0.15, 0.2) is 0 Å². The lowest BCUT2D eigenvalue weighted by Crippen LogP contribution is -2.50. The Morgan fingerprint density at radius 1 is 1.38 bits per heavy atom. The van der Waals surface area contributed by atoms with Crippen molar-refractivity contribution in [1.29, 1.82) is 0 Å². The SMILES string of the molecule is CO[C@]1(CNC(=O)C2(c3cccs3)CCCC2)CCSC1. The molecule has 1 amide bonds. The number of thiophene rings is 1. The summed E-state index contributed by atoms with van der Waals surface area (Å²) in [4.78, 5) is 14.1. The molecule has 2 aliphatic rings. The van der Waals surface area contributed by atoms with Gasteiger partial charge >= 0.3 is 0 Å². The fourth-order valence-corrected chi connectivity index (χ4v) is 5.87. The summed E-state index contributed by atoms with van der Waals surface area (Å²) in [6.45, 7) is 0.641. The first-order valence-electron chi connectivity index (χ1n) is 7.66. The minimum atomic E-state index is -0.283. The molecule has 1 aromatic heterocycles. The number of carbonyl (C=O) groups excluding carboxylic acids is 1. The van der Waals surface area contributed by atoms with Gasteiger partial charge in [0.05, 0.1) is 11.0 Å². The minimum absolute atomic E-state index is 0.157. The average molecular weight is 325 g/mol. The number of amides is 1. The monoisotopic (exact) mass is 325 g/mol. The van der Waals surface area contributed by atoms with Crippen molar-refractivity contribution < 1.29 is 9.53 Å². The minimum Gasteiger partial charge on any atom is -0.376 e.